The van der Waals surface area contributed by atoms with E-state index < -0.39 is 19.8 Å². The van der Waals surface area contributed by atoms with E-state index in [9.17, 15) is 13.2 Å². The minimum Gasteiger partial charge on any atom is -0.312 e. The quantitative estimate of drug-likeness (QED) is 0.504. The van der Waals surface area contributed by atoms with Gasteiger partial charge in [-0.15, -0.1) is 0 Å². The van der Waals surface area contributed by atoms with Crippen LogP contribution in [0.5, 0.6) is 0 Å². The lowest BCUT2D eigenvalue weighted by molar-refractivity contribution is -0.137. The molecule has 0 atom stereocenters. The number of rotatable bonds is 7. The fourth-order valence-electron chi connectivity index (χ4n) is 2.75. The van der Waals surface area contributed by atoms with E-state index in [1.54, 1.807) is 6.07 Å². The summed E-state index contributed by atoms with van der Waals surface area (Å²) in [4.78, 5) is 0. The number of nitrogens with one attached hydrogen (secondary N) is 1. The Morgan fingerprint density at radius 1 is 0.962 bits per heavy atom. The van der Waals surface area contributed by atoms with Gasteiger partial charge < -0.3 is 5.32 Å². The average Bonchev–Trinajstić information content (AvgIpc) is 2.58. The van der Waals surface area contributed by atoms with Crippen molar-refractivity contribution in [3.63, 3.8) is 0 Å². The van der Waals surface area contributed by atoms with Crippen LogP contribution in [0.1, 0.15) is 30.5 Å². The van der Waals surface area contributed by atoms with Crippen molar-refractivity contribution in [3.8, 4) is 0 Å². The highest BCUT2D eigenvalue weighted by atomic mass is 28.3. The Morgan fingerprint density at radius 2 is 1.62 bits per heavy atom. The first-order valence-electron chi connectivity index (χ1n) is 9.07. The first kappa shape index (κ1) is 20.7. The summed E-state index contributed by atoms with van der Waals surface area (Å²) in [7, 11) is -1.40. The number of benzene rings is 2. The van der Waals surface area contributed by atoms with Gasteiger partial charge in [0.1, 0.15) is 0 Å². The second-order valence-electron chi connectivity index (χ2n) is 7.70. The molecule has 1 N–H and O–H groups in total. The Balaban J connectivity index is 1.85. The van der Waals surface area contributed by atoms with Crippen LogP contribution < -0.4 is 10.5 Å². The predicted octanol–water partition coefficient (Wildman–Crippen LogP) is 5.36. The van der Waals surface area contributed by atoms with Gasteiger partial charge in [-0.05, 0) is 35.7 Å². The summed E-state index contributed by atoms with van der Waals surface area (Å²) in [6.45, 7) is 10.7. The summed E-state index contributed by atoms with van der Waals surface area (Å²) in [5.41, 5.74) is 2.01. The normalized spacial score (nSPS) is 12.6. The summed E-state index contributed by atoms with van der Waals surface area (Å²) in [5, 5.41) is 4.78. The van der Waals surface area contributed by atoms with Crippen LogP contribution in [0.3, 0.4) is 0 Å². The van der Waals surface area contributed by atoms with Crippen LogP contribution in [0.4, 0.5) is 13.2 Å². The van der Waals surface area contributed by atoms with Gasteiger partial charge in [0.25, 0.3) is 0 Å². The van der Waals surface area contributed by atoms with E-state index in [2.05, 4.69) is 56.5 Å². The van der Waals surface area contributed by atoms with Gasteiger partial charge in [-0.3, -0.25) is 0 Å². The molecule has 0 fully saturated rings. The van der Waals surface area contributed by atoms with Crippen LogP contribution in [0, 0.1) is 0 Å². The monoisotopic (exact) mass is 379 g/mol. The van der Waals surface area contributed by atoms with Crippen molar-refractivity contribution < 1.29 is 13.2 Å². The molecule has 26 heavy (non-hydrogen) atoms. The molecule has 5 heteroatoms. The number of halogens is 3. The molecular formula is C21H28F3NSi. The van der Waals surface area contributed by atoms with Crippen LogP contribution >= 0.6 is 0 Å². The molecule has 0 radical (unpaired) electrons. The van der Waals surface area contributed by atoms with Crippen molar-refractivity contribution in [2.75, 3.05) is 6.54 Å². The maximum atomic E-state index is 12.7. The molecule has 0 bridgehead atoms. The first-order valence-corrected chi connectivity index (χ1v) is 12.1. The van der Waals surface area contributed by atoms with Gasteiger partial charge in [0.2, 0.25) is 0 Å². The number of alkyl halides is 3. The lowest BCUT2D eigenvalue weighted by Crippen LogP contribution is -2.44. The van der Waals surface area contributed by atoms with Gasteiger partial charge in [0.15, 0.2) is 0 Å². The zero-order valence-electron chi connectivity index (χ0n) is 16.0. The van der Waals surface area contributed by atoms with Gasteiger partial charge in [0, 0.05) is 6.54 Å². The van der Waals surface area contributed by atoms with E-state index in [0.29, 0.717) is 24.1 Å². The maximum Gasteiger partial charge on any atom is 0.416 e. The van der Waals surface area contributed by atoms with Crippen molar-refractivity contribution in [3.05, 3.63) is 65.2 Å². The molecule has 2 aromatic carbocycles. The molecule has 0 saturated carbocycles. The van der Waals surface area contributed by atoms with E-state index in [4.69, 9.17) is 0 Å². The molecule has 2 aromatic rings. The summed E-state index contributed by atoms with van der Waals surface area (Å²) in [5.74, 6) is 0. The smallest absolute Gasteiger partial charge is 0.312 e. The van der Waals surface area contributed by atoms with E-state index in [-0.39, 0.29) is 0 Å². The van der Waals surface area contributed by atoms with Gasteiger partial charge in [-0.25, -0.2) is 0 Å². The summed E-state index contributed by atoms with van der Waals surface area (Å²) in [6, 6.07) is 14.3. The Bertz CT molecular complexity index is 706. The predicted molar refractivity (Wildman–Crippen MR) is 106 cm³/mol. The number of hydrogen-bond donors (Lipinski definition) is 1. The molecule has 0 aliphatic heterocycles. The fraction of sp³-hybridized carbons (Fsp3) is 0.429. The van der Waals surface area contributed by atoms with Crippen LogP contribution in [0.25, 0.3) is 0 Å². The van der Waals surface area contributed by atoms with E-state index in [0.717, 1.165) is 12.6 Å². The Hall–Kier alpha value is -1.59. The molecule has 0 spiro atoms. The molecule has 0 unspecified atom stereocenters. The maximum absolute atomic E-state index is 12.7. The third-order valence-electron chi connectivity index (χ3n) is 5.32. The van der Waals surface area contributed by atoms with Crippen molar-refractivity contribution in [2.24, 2.45) is 0 Å². The largest absolute Gasteiger partial charge is 0.416 e. The van der Waals surface area contributed by atoms with E-state index in [1.807, 2.05) is 0 Å². The van der Waals surface area contributed by atoms with Gasteiger partial charge >= 0.3 is 6.18 Å². The van der Waals surface area contributed by atoms with Gasteiger partial charge in [-0.2, -0.15) is 13.2 Å². The molecular weight excluding hydrogens is 351 g/mol. The van der Waals surface area contributed by atoms with Gasteiger partial charge in [-0.1, -0.05) is 74.6 Å². The second kappa shape index (κ2) is 8.40. The molecule has 1 nitrogen and oxygen atoms in total. The zero-order valence-corrected chi connectivity index (χ0v) is 17.0. The molecule has 0 aliphatic rings. The van der Waals surface area contributed by atoms with Crippen LogP contribution in [-0.4, -0.2) is 14.6 Å². The molecule has 0 amide bonds. The van der Waals surface area contributed by atoms with Crippen molar-refractivity contribution in [1.29, 1.82) is 0 Å². The van der Waals surface area contributed by atoms with Crippen LogP contribution in [0.2, 0.25) is 18.6 Å². The highest BCUT2D eigenvalue weighted by Gasteiger charge is 2.30. The second-order valence-corrected chi connectivity index (χ2v) is 12.9. The molecule has 142 valence electrons. The lowest BCUT2D eigenvalue weighted by atomic mass is 10.1. The topological polar surface area (TPSA) is 12.0 Å². The highest BCUT2D eigenvalue weighted by Crippen LogP contribution is 2.29. The Kier molecular flexibility index (Phi) is 6.69. The summed E-state index contributed by atoms with van der Waals surface area (Å²) in [6.07, 6.45) is -3.70. The first-order chi connectivity index (χ1) is 12.1. The molecule has 0 aromatic heterocycles. The van der Waals surface area contributed by atoms with Crippen molar-refractivity contribution >= 4 is 13.3 Å². The third kappa shape index (κ3) is 5.45. The summed E-state index contributed by atoms with van der Waals surface area (Å²) >= 11 is 0. The fourth-order valence-corrected chi connectivity index (χ4v) is 4.45. The number of hydrogen-bond acceptors (Lipinski definition) is 1. The Morgan fingerprint density at radius 3 is 2.19 bits per heavy atom. The minimum atomic E-state index is -4.28. The van der Waals surface area contributed by atoms with Crippen LogP contribution in [-0.2, 0) is 19.1 Å². The molecule has 0 aliphatic carbocycles. The lowest BCUT2D eigenvalue weighted by Gasteiger charge is -2.27. The zero-order chi connectivity index (χ0) is 19.4. The molecule has 2 rings (SSSR count). The van der Waals surface area contributed by atoms with Crippen molar-refractivity contribution in [1.82, 2.24) is 5.32 Å². The van der Waals surface area contributed by atoms with E-state index >= 15 is 0 Å². The summed E-state index contributed by atoms with van der Waals surface area (Å²) < 4.78 is 38.2. The Labute approximate surface area is 155 Å². The standard InChI is InChI=1S/C21H28F3NSi/c1-16(2)26(3,4)20-10-8-18(9-11-20)15-25-13-12-17-6-5-7-19(14-17)21(22,23)24/h5-11,14,16,25H,12-13,15H2,1-4H3. The van der Waals surface area contributed by atoms with Crippen molar-refractivity contribution in [2.45, 2.75) is 51.6 Å². The molecule has 0 heterocycles. The van der Waals surface area contributed by atoms with E-state index in [1.165, 1.54) is 22.9 Å². The third-order valence-corrected chi connectivity index (χ3v) is 10.0. The van der Waals surface area contributed by atoms with Crippen LogP contribution in [0.15, 0.2) is 48.5 Å². The minimum absolute atomic E-state index is 0.579. The average molecular weight is 380 g/mol. The van der Waals surface area contributed by atoms with Gasteiger partial charge in [0.05, 0.1) is 13.6 Å². The molecule has 0 saturated heterocycles. The SMILES string of the molecule is CC(C)[Si](C)(C)c1ccc(CNCCc2cccc(C(F)(F)F)c2)cc1. The highest BCUT2D eigenvalue weighted by molar-refractivity contribution is 6.90.